The maximum Gasteiger partial charge on any atom is 1.00 e. The normalized spacial score (nSPS) is 12.1. The summed E-state index contributed by atoms with van der Waals surface area (Å²) in [4.78, 5) is 16.6. The second kappa shape index (κ2) is 7.95. The standard InChI is InChI=1S/C25H18FNO2.Na/c1-14-3-2-4-15(11-14)16-5-8-19-17(12-16)6-9-20-23(25(28)29)21-13-18(26)7-10-22(21)27-24(19)20;/h2-5,7-8,10-13H,6,9H2,1H3,(H,28,29);/q;+1/p-1. The van der Waals surface area contributed by atoms with Crippen LogP contribution in [0.1, 0.15) is 27.0 Å². The number of nitrogens with zero attached hydrogens (tertiary/aromatic N) is 1. The van der Waals surface area contributed by atoms with Crippen LogP contribution >= 0.6 is 0 Å². The maximum atomic E-state index is 13.7. The van der Waals surface area contributed by atoms with Crippen LogP contribution in [0.5, 0.6) is 0 Å². The van der Waals surface area contributed by atoms with Gasteiger partial charge in [0.25, 0.3) is 0 Å². The molecule has 3 nitrogen and oxygen atoms in total. The van der Waals surface area contributed by atoms with E-state index in [-0.39, 0.29) is 35.1 Å². The van der Waals surface area contributed by atoms with Gasteiger partial charge in [0.15, 0.2) is 0 Å². The van der Waals surface area contributed by atoms with Gasteiger partial charge in [-0.05, 0) is 60.2 Å². The summed E-state index contributed by atoms with van der Waals surface area (Å²) in [6, 6.07) is 18.6. The fourth-order valence-electron chi connectivity index (χ4n) is 4.27. The van der Waals surface area contributed by atoms with E-state index in [0.29, 0.717) is 35.0 Å². The number of hydrogen-bond donors (Lipinski definition) is 0. The number of aryl methyl sites for hydroxylation is 2. The minimum Gasteiger partial charge on any atom is -0.545 e. The number of carboxylic acids is 1. The quantitative estimate of drug-likeness (QED) is 0.475. The number of aromatic nitrogens is 1. The number of rotatable bonds is 2. The van der Waals surface area contributed by atoms with Crippen molar-refractivity contribution in [2.24, 2.45) is 0 Å². The van der Waals surface area contributed by atoms with Crippen molar-refractivity contribution in [3.8, 4) is 22.4 Å². The number of fused-ring (bicyclic) bond motifs is 4. The average molecular weight is 405 g/mol. The third kappa shape index (κ3) is 3.45. The predicted octanol–water partition coefficient (Wildman–Crippen LogP) is 1.48. The Hall–Kier alpha value is -2.53. The number of pyridine rings is 1. The van der Waals surface area contributed by atoms with Crippen LogP contribution in [0.25, 0.3) is 33.3 Å². The van der Waals surface area contributed by atoms with Crippen molar-refractivity contribution >= 4 is 16.9 Å². The molecule has 0 aliphatic heterocycles. The van der Waals surface area contributed by atoms with Gasteiger partial charge in [-0.3, -0.25) is 0 Å². The first kappa shape index (κ1) is 20.7. The molecule has 4 aromatic rings. The largest absolute Gasteiger partial charge is 1.00 e. The van der Waals surface area contributed by atoms with E-state index in [2.05, 4.69) is 31.2 Å². The molecule has 1 heterocycles. The summed E-state index contributed by atoms with van der Waals surface area (Å²) in [6.07, 6.45) is 1.23. The molecular formula is C25H17FNNaO2. The van der Waals surface area contributed by atoms with Crippen molar-refractivity contribution in [1.29, 1.82) is 0 Å². The van der Waals surface area contributed by atoms with E-state index < -0.39 is 11.8 Å². The van der Waals surface area contributed by atoms with E-state index in [0.717, 1.165) is 22.3 Å². The molecule has 0 amide bonds. The van der Waals surface area contributed by atoms with E-state index >= 15 is 0 Å². The zero-order valence-electron chi connectivity index (χ0n) is 16.8. The Morgan fingerprint density at radius 1 is 1.00 bits per heavy atom. The van der Waals surface area contributed by atoms with Gasteiger partial charge in [0.2, 0.25) is 0 Å². The van der Waals surface area contributed by atoms with Crippen LogP contribution in [0.4, 0.5) is 4.39 Å². The monoisotopic (exact) mass is 405 g/mol. The van der Waals surface area contributed by atoms with Gasteiger partial charge < -0.3 is 9.90 Å². The predicted molar refractivity (Wildman–Crippen MR) is 109 cm³/mol. The molecule has 1 aliphatic carbocycles. The third-order valence-corrected chi connectivity index (χ3v) is 5.61. The summed E-state index contributed by atoms with van der Waals surface area (Å²) in [7, 11) is 0. The van der Waals surface area contributed by atoms with E-state index in [9.17, 15) is 14.3 Å². The Morgan fingerprint density at radius 3 is 2.57 bits per heavy atom. The van der Waals surface area contributed by atoms with Gasteiger partial charge >= 0.3 is 29.6 Å². The Morgan fingerprint density at radius 2 is 1.80 bits per heavy atom. The molecule has 1 aromatic heterocycles. The average Bonchev–Trinajstić information content (AvgIpc) is 2.71. The van der Waals surface area contributed by atoms with Crippen molar-refractivity contribution in [2.75, 3.05) is 0 Å². The molecule has 3 aromatic carbocycles. The number of carbonyl (C=O) groups excluding carboxylic acids is 1. The maximum absolute atomic E-state index is 13.7. The Labute approximate surface area is 195 Å². The number of aromatic carboxylic acids is 1. The SMILES string of the molecule is Cc1cccc(-c2ccc3c(c2)CCc2c-3nc3ccc(F)cc3c2C(=O)[O-])c1.[Na+]. The van der Waals surface area contributed by atoms with Gasteiger partial charge in [0.05, 0.1) is 17.2 Å². The van der Waals surface area contributed by atoms with Gasteiger partial charge in [-0.2, -0.15) is 0 Å². The number of hydrogen-bond acceptors (Lipinski definition) is 3. The molecular weight excluding hydrogens is 388 g/mol. The topological polar surface area (TPSA) is 53.0 Å². The minimum atomic E-state index is -1.29. The molecule has 0 spiro atoms. The van der Waals surface area contributed by atoms with Gasteiger partial charge in [-0.15, -0.1) is 0 Å². The molecule has 1 aliphatic rings. The van der Waals surface area contributed by atoms with E-state index in [1.807, 2.05) is 18.2 Å². The Bertz CT molecular complexity index is 1320. The molecule has 0 N–H and O–H groups in total. The molecule has 0 bridgehead atoms. The number of benzene rings is 3. The summed E-state index contributed by atoms with van der Waals surface area (Å²) < 4.78 is 13.7. The molecule has 5 rings (SSSR count). The fourth-order valence-corrected chi connectivity index (χ4v) is 4.27. The third-order valence-electron chi connectivity index (χ3n) is 5.61. The number of carbonyl (C=O) groups is 1. The molecule has 0 atom stereocenters. The first-order chi connectivity index (χ1) is 14.0. The van der Waals surface area contributed by atoms with Gasteiger partial charge in [0.1, 0.15) is 5.82 Å². The van der Waals surface area contributed by atoms with Crippen molar-refractivity contribution in [3.05, 3.63) is 88.7 Å². The second-order valence-corrected chi connectivity index (χ2v) is 7.50. The fraction of sp³-hybridized carbons (Fsp3) is 0.120. The smallest absolute Gasteiger partial charge is 0.545 e. The van der Waals surface area contributed by atoms with Gasteiger partial charge in [0, 0.05) is 16.5 Å². The molecule has 142 valence electrons. The molecule has 0 fully saturated rings. The molecule has 0 unspecified atom stereocenters. The van der Waals surface area contributed by atoms with Crippen LogP contribution in [0, 0.1) is 12.7 Å². The first-order valence-corrected chi connectivity index (χ1v) is 9.55. The van der Waals surface area contributed by atoms with Crippen LogP contribution in [-0.2, 0) is 12.8 Å². The molecule has 5 heteroatoms. The van der Waals surface area contributed by atoms with Crippen LogP contribution in [0.15, 0.2) is 60.7 Å². The zero-order chi connectivity index (χ0) is 20.1. The van der Waals surface area contributed by atoms with Crippen LogP contribution < -0.4 is 34.7 Å². The Kier molecular flexibility index (Phi) is 5.49. The summed E-state index contributed by atoms with van der Waals surface area (Å²) in [6.45, 7) is 2.07. The summed E-state index contributed by atoms with van der Waals surface area (Å²) in [5.41, 5.74) is 7.32. The van der Waals surface area contributed by atoms with Crippen molar-refractivity contribution in [2.45, 2.75) is 19.8 Å². The van der Waals surface area contributed by atoms with E-state index in [1.165, 1.54) is 23.8 Å². The van der Waals surface area contributed by atoms with E-state index in [1.54, 1.807) is 0 Å². The molecule has 0 saturated carbocycles. The van der Waals surface area contributed by atoms with Crippen molar-refractivity contribution in [3.63, 3.8) is 0 Å². The van der Waals surface area contributed by atoms with Crippen LogP contribution in [-0.4, -0.2) is 11.0 Å². The summed E-state index contributed by atoms with van der Waals surface area (Å²) >= 11 is 0. The number of halogens is 1. The molecule has 0 saturated heterocycles. The van der Waals surface area contributed by atoms with Gasteiger partial charge in [-0.25, -0.2) is 9.37 Å². The minimum absolute atomic E-state index is 0. The van der Waals surface area contributed by atoms with Crippen LogP contribution in [0.3, 0.4) is 0 Å². The van der Waals surface area contributed by atoms with Gasteiger partial charge in [-0.1, -0.05) is 48.0 Å². The molecule has 30 heavy (non-hydrogen) atoms. The van der Waals surface area contributed by atoms with E-state index in [4.69, 9.17) is 4.98 Å². The zero-order valence-corrected chi connectivity index (χ0v) is 18.8. The van der Waals surface area contributed by atoms with Crippen molar-refractivity contribution < 1.29 is 43.8 Å². The van der Waals surface area contributed by atoms with Crippen LogP contribution in [0.2, 0.25) is 0 Å². The summed E-state index contributed by atoms with van der Waals surface area (Å²) in [5, 5.41) is 12.2. The number of carboxylic acid groups (broad SMARTS) is 1. The summed E-state index contributed by atoms with van der Waals surface area (Å²) in [5.74, 6) is -1.78. The first-order valence-electron chi connectivity index (χ1n) is 9.55. The second-order valence-electron chi connectivity index (χ2n) is 7.50. The molecule has 0 radical (unpaired) electrons. The van der Waals surface area contributed by atoms with Crippen molar-refractivity contribution in [1.82, 2.24) is 4.98 Å². The Balaban J connectivity index is 0.00000218.